The van der Waals surface area contributed by atoms with E-state index in [1.807, 2.05) is 67.6 Å². The van der Waals surface area contributed by atoms with Crippen molar-refractivity contribution in [2.24, 2.45) is 0 Å². The van der Waals surface area contributed by atoms with Crippen molar-refractivity contribution in [1.29, 1.82) is 0 Å². The predicted molar refractivity (Wildman–Crippen MR) is 152 cm³/mol. The smallest absolute Gasteiger partial charge is 0.163 e. The molecule has 2 heterocycles. The molecular weight excluding hydrogens is 526 g/mol. The molecule has 1 aliphatic heterocycles. The summed E-state index contributed by atoms with van der Waals surface area (Å²) in [4.78, 5) is 0. The number of hydrogen-bond donors (Lipinski definition) is 5. The molecule has 6 unspecified atom stereocenters. The van der Waals surface area contributed by atoms with Gasteiger partial charge in [-0.1, -0.05) is 54.6 Å². The van der Waals surface area contributed by atoms with Crippen molar-refractivity contribution in [3.8, 4) is 5.75 Å². The monoisotopic (exact) mass is 563 g/mol. The highest BCUT2D eigenvalue weighted by molar-refractivity contribution is 5.88. The molecule has 0 amide bonds. The number of ether oxygens (including phenoxy) is 3. The van der Waals surface area contributed by atoms with Gasteiger partial charge in [0.2, 0.25) is 0 Å². The van der Waals surface area contributed by atoms with Crippen molar-refractivity contribution in [3.63, 3.8) is 0 Å². The van der Waals surface area contributed by atoms with E-state index in [1.54, 1.807) is 22.9 Å². The van der Waals surface area contributed by atoms with Crippen molar-refractivity contribution < 1.29 is 39.7 Å². The third kappa shape index (κ3) is 6.32. The zero-order valence-corrected chi connectivity index (χ0v) is 22.9. The molecule has 1 aliphatic rings. The molecule has 1 fully saturated rings. The quantitative estimate of drug-likeness (QED) is 0.176. The minimum atomic E-state index is -1.51. The molecule has 9 heteroatoms. The molecule has 3 aromatic carbocycles. The van der Waals surface area contributed by atoms with Gasteiger partial charge in [0, 0.05) is 23.6 Å². The molecule has 1 saturated heterocycles. The van der Waals surface area contributed by atoms with Gasteiger partial charge in [0.25, 0.3) is 0 Å². The van der Waals surface area contributed by atoms with E-state index in [4.69, 9.17) is 14.2 Å². The number of benzene rings is 3. The van der Waals surface area contributed by atoms with Gasteiger partial charge in [-0.3, -0.25) is 0 Å². The van der Waals surface area contributed by atoms with E-state index in [2.05, 4.69) is 0 Å². The van der Waals surface area contributed by atoms with E-state index in [0.717, 1.165) is 22.9 Å². The normalized spacial score (nSPS) is 23.5. The summed E-state index contributed by atoms with van der Waals surface area (Å²) in [5.41, 5.74) is 3.97. The number of aryl methyl sites for hydroxylation is 1. The molecule has 5 N–H and O–H groups in total. The van der Waals surface area contributed by atoms with Gasteiger partial charge in [-0.05, 0) is 41.8 Å². The van der Waals surface area contributed by atoms with Gasteiger partial charge >= 0.3 is 0 Å². The van der Waals surface area contributed by atoms with Gasteiger partial charge in [0.05, 0.1) is 31.9 Å². The van der Waals surface area contributed by atoms with Crippen LogP contribution in [0.4, 0.5) is 0 Å². The summed E-state index contributed by atoms with van der Waals surface area (Å²) in [6.45, 7) is 3.06. The number of nitrogens with zero attached hydrogens (tertiary/aromatic N) is 1. The standard InChI is InChI=1S/C32H37NO8/c1-20-7-5-10-25-27(20)24(17-33(25)32-31(38)30(37)29(36)26(18-34)41-32)28(35)22-11-13-23(14-12-22)40-16-6-15-39-19-21-8-3-2-4-9-21/h2-5,7-14,17,26,28-32,34-38H,6,15-16,18-19H2,1H3. The van der Waals surface area contributed by atoms with Crippen molar-refractivity contribution in [1.82, 2.24) is 4.57 Å². The fourth-order valence-corrected chi connectivity index (χ4v) is 5.30. The van der Waals surface area contributed by atoms with E-state index in [9.17, 15) is 25.5 Å². The highest BCUT2D eigenvalue weighted by Gasteiger charge is 2.44. The summed E-state index contributed by atoms with van der Waals surface area (Å²) in [5.74, 6) is 0.684. The van der Waals surface area contributed by atoms with Crippen LogP contribution in [0, 0.1) is 6.92 Å². The van der Waals surface area contributed by atoms with Crippen LogP contribution >= 0.6 is 0 Å². The average Bonchev–Trinajstić information content (AvgIpc) is 3.39. The van der Waals surface area contributed by atoms with Gasteiger partial charge < -0.3 is 44.3 Å². The Balaban J connectivity index is 1.27. The van der Waals surface area contributed by atoms with Crippen molar-refractivity contribution in [2.45, 2.75) is 56.7 Å². The molecule has 5 rings (SSSR count). The second-order valence-electron chi connectivity index (χ2n) is 10.4. The summed E-state index contributed by atoms with van der Waals surface area (Å²) in [6, 6.07) is 22.9. The molecule has 1 aromatic heterocycles. The van der Waals surface area contributed by atoms with Crippen LogP contribution in [0.2, 0.25) is 0 Å². The summed E-state index contributed by atoms with van der Waals surface area (Å²) >= 11 is 0. The van der Waals surface area contributed by atoms with Gasteiger partial charge in [-0.25, -0.2) is 0 Å². The number of hydrogen-bond acceptors (Lipinski definition) is 8. The minimum Gasteiger partial charge on any atom is -0.494 e. The predicted octanol–water partition coefficient (Wildman–Crippen LogP) is 2.99. The van der Waals surface area contributed by atoms with E-state index < -0.39 is 43.4 Å². The maximum atomic E-state index is 11.4. The fourth-order valence-electron chi connectivity index (χ4n) is 5.30. The highest BCUT2D eigenvalue weighted by atomic mass is 16.6. The molecule has 0 radical (unpaired) electrons. The lowest BCUT2D eigenvalue weighted by atomic mass is 9.98. The van der Waals surface area contributed by atoms with Gasteiger partial charge in [0.1, 0.15) is 36.3 Å². The molecule has 0 saturated carbocycles. The third-order valence-electron chi connectivity index (χ3n) is 7.54. The second kappa shape index (κ2) is 13.1. The van der Waals surface area contributed by atoms with Crippen molar-refractivity contribution >= 4 is 10.9 Å². The second-order valence-corrected chi connectivity index (χ2v) is 10.4. The lowest BCUT2D eigenvalue weighted by Gasteiger charge is -2.40. The Hall–Kier alpha value is -3.28. The molecule has 0 spiro atoms. The Morgan fingerprint density at radius 1 is 0.878 bits per heavy atom. The van der Waals surface area contributed by atoms with E-state index >= 15 is 0 Å². The van der Waals surface area contributed by atoms with Crippen LogP contribution in [0.5, 0.6) is 5.75 Å². The topological polar surface area (TPSA) is 134 Å². The maximum Gasteiger partial charge on any atom is 0.163 e. The number of fused-ring (bicyclic) bond motifs is 1. The van der Waals surface area contributed by atoms with Gasteiger partial charge in [-0.15, -0.1) is 0 Å². The largest absolute Gasteiger partial charge is 0.494 e. The minimum absolute atomic E-state index is 0.502. The zero-order valence-electron chi connectivity index (χ0n) is 22.9. The number of rotatable bonds is 11. The molecule has 0 aliphatic carbocycles. The van der Waals surface area contributed by atoms with Crippen LogP contribution in [-0.2, 0) is 16.1 Å². The van der Waals surface area contributed by atoms with Gasteiger partial charge in [-0.2, -0.15) is 0 Å². The van der Waals surface area contributed by atoms with Crippen LogP contribution in [0.1, 0.15) is 41.0 Å². The number of aliphatic hydroxyl groups is 5. The maximum absolute atomic E-state index is 11.4. The summed E-state index contributed by atoms with van der Waals surface area (Å²) in [6.07, 6.45) is -5.10. The molecule has 41 heavy (non-hydrogen) atoms. The molecule has 218 valence electrons. The van der Waals surface area contributed by atoms with Crippen LogP contribution in [0.25, 0.3) is 10.9 Å². The Morgan fingerprint density at radius 2 is 1.63 bits per heavy atom. The van der Waals surface area contributed by atoms with Crippen LogP contribution in [0.15, 0.2) is 79.0 Å². The lowest BCUT2D eigenvalue weighted by Crippen LogP contribution is -2.56. The molecular formula is C32H37NO8. The first-order valence-corrected chi connectivity index (χ1v) is 13.8. The first-order chi connectivity index (χ1) is 19.9. The fraction of sp³-hybridized carbons (Fsp3) is 0.375. The Labute approximate surface area is 238 Å². The van der Waals surface area contributed by atoms with Crippen LogP contribution < -0.4 is 4.74 Å². The van der Waals surface area contributed by atoms with Crippen LogP contribution in [-0.4, -0.2) is 74.3 Å². The summed E-state index contributed by atoms with van der Waals surface area (Å²) < 4.78 is 19.0. The number of aliphatic hydroxyl groups excluding tert-OH is 5. The van der Waals surface area contributed by atoms with E-state index in [-0.39, 0.29) is 0 Å². The first-order valence-electron chi connectivity index (χ1n) is 13.8. The zero-order chi connectivity index (χ0) is 28.9. The lowest BCUT2D eigenvalue weighted by molar-refractivity contribution is -0.250. The highest BCUT2D eigenvalue weighted by Crippen LogP contribution is 2.38. The molecule has 9 nitrogen and oxygen atoms in total. The number of aromatic nitrogens is 1. The van der Waals surface area contributed by atoms with Gasteiger partial charge in [0.15, 0.2) is 6.23 Å². The van der Waals surface area contributed by atoms with Crippen molar-refractivity contribution in [3.05, 3.63) is 101 Å². The molecule has 6 atom stereocenters. The average molecular weight is 564 g/mol. The summed E-state index contributed by atoms with van der Waals surface area (Å²) in [5, 5.41) is 53.2. The Morgan fingerprint density at radius 3 is 2.37 bits per heavy atom. The molecule has 4 aromatic rings. The Bertz CT molecular complexity index is 1400. The molecule has 0 bridgehead atoms. The van der Waals surface area contributed by atoms with Crippen LogP contribution in [0.3, 0.4) is 0 Å². The SMILES string of the molecule is Cc1cccc2c1c(C(O)c1ccc(OCCCOCc3ccccc3)cc1)cn2C1OC(CO)C(O)C(O)C1O. The Kier molecular flexibility index (Phi) is 9.36. The summed E-state index contributed by atoms with van der Waals surface area (Å²) in [7, 11) is 0. The van der Waals surface area contributed by atoms with E-state index in [0.29, 0.717) is 42.2 Å². The third-order valence-corrected chi connectivity index (χ3v) is 7.54. The first kappa shape index (κ1) is 29.2. The van der Waals surface area contributed by atoms with Crippen molar-refractivity contribution in [2.75, 3.05) is 19.8 Å². The van der Waals surface area contributed by atoms with E-state index in [1.165, 1.54) is 0 Å².